The second-order valence-electron chi connectivity index (χ2n) is 5.85. The lowest BCUT2D eigenvalue weighted by Gasteiger charge is -2.30. The number of nitro groups is 1. The summed E-state index contributed by atoms with van der Waals surface area (Å²) in [6, 6.07) is 6.28. The Morgan fingerprint density at radius 1 is 1.29 bits per heavy atom. The van der Waals surface area contributed by atoms with Gasteiger partial charge >= 0.3 is 0 Å². The average Bonchev–Trinajstić information content (AvgIpc) is 2.59. The van der Waals surface area contributed by atoms with E-state index in [0.29, 0.717) is 18.2 Å². The molecule has 1 aromatic rings. The quantitative estimate of drug-likeness (QED) is 0.434. The number of benzene rings is 1. The van der Waals surface area contributed by atoms with Gasteiger partial charge in [-0.25, -0.2) is 0 Å². The molecule has 0 spiro atoms. The van der Waals surface area contributed by atoms with Crippen LogP contribution in [0.3, 0.4) is 0 Å². The molecular formula is C16H24ClN3O3S. The fraction of sp³-hybridized carbons (Fsp3) is 0.562. The summed E-state index contributed by atoms with van der Waals surface area (Å²) in [5.74, 6) is 0.748. The Hall–Kier alpha value is -1.31. The number of hydrogen-bond acceptors (Lipinski definition) is 5. The molecule has 1 aromatic carbocycles. The Bertz CT molecular complexity index is 536. The molecule has 3 N–H and O–H groups in total. The zero-order valence-corrected chi connectivity index (χ0v) is 15.1. The Morgan fingerprint density at radius 2 is 1.92 bits per heavy atom. The number of nitrogens with zero attached hydrogens (tertiary/aromatic N) is 1. The number of carbonyl (C=O) groups is 1. The molecule has 6 nitrogen and oxygen atoms in total. The van der Waals surface area contributed by atoms with E-state index in [-0.39, 0.29) is 30.0 Å². The van der Waals surface area contributed by atoms with Crippen molar-refractivity contribution < 1.29 is 9.72 Å². The van der Waals surface area contributed by atoms with Crippen LogP contribution in [-0.2, 0) is 4.79 Å². The zero-order valence-electron chi connectivity index (χ0n) is 13.5. The molecule has 134 valence electrons. The van der Waals surface area contributed by atoms with Gasteiger partial charge in [-0.15, -0.1) is 24.2 Å². The van der Waals surface area contributed by atoms with Gasteiger partial charge in [0.15, 0.2) is 0 Å². The van der Waals surface area contributed by atoms with E-state index in [1.54, 1.807) is 12.1 Å². The van der Waals surface area contributed by atoms with Gasteiger partial charge < -0.3 is 11.1 Å². The molecule has 1 aliphatic carbocycles. The SMILES string of the molecule is Cl.NCC(NC(=O)CSc1ccc([N+](=O)[O-])cc1)C1CCCCC1. The van der Waals surface area contributed by atoms with Crippen LogP contribution in [0.25, 0.3) is 0 Å². The van der Waals surface area contributed by atoms with Crippen molar-refractivity contribution in [3.05, 3.63) is 34.4 Å². The molecule has 0 bridgehead atoms. The Balaban J connectivity index is 0.00000288. The molecule has 1 amide bonds. The fourth-order valence-electron chi connectivity index (χ4n) is 2.97. The Labute approximate surface area is 152 Å². The number of nitrogens with two attached hydrogens (primary N) is 1. The number of halogens is 1. The summed E-state index contributed by atoms with van der Waals surface area (Å²) < 4.78 is 0. The van der Waals surface area contributed by atoms with Gasteiger partial charge in [0.1, 0.15) is 0 Å². The van der Waals surface area contributed by atoms with Gasteiger partial charge in [0.25, 0.3) is 5.69 Å². The molecule has 24 heavy (non-hydrogen) atoms. The first-order valence-corrected chi connectivity index (χ1v) is 8.95. The van der Waals surface area contributed by atoms with Crippen molar-refractivity contribution in [1.29, 1.82) is 0 Å². The van der Waals surface area contributed by atoms with E-state index >= 15 is 0 Å². The standard InChI is InChI=1S/C16H23N3O3S.ClH/c17-10-15(12-4-2-1-3-5-12)18-16(20)11-23-14-8-6-13(7-9-14)19(21)22;/h6-9,12,15H,1-5,10-11,17H2,(H,18,20);1H. The molecule has 8 heteroatoms. The van der Waals surface area contributed by atoms with Gasteiger partial charge in [0.05, 0.1) is 10.7 Å². The molecule has 0 saturated heterocycles. The van der Waals surface area contributed by atoms with E-state index in [0.717, 1.165) is 17.7 Å². The minimum absolute atomic E-state index is 0. The van der Waals surface area contributed by atoms with E-state index in [9.17, 15) is 14.9 Å². The maximum Gasteiger partial charge on any atom is 0.269 e. The smallest absolute Gasteiger partial charge is 0.269 e. The van der Waals surface area contributed by atoms with Crippen molar-refractivity contribution in [3.8, 4) is 0 Å². The molecule has 1 aliphatic rings. The van der Waals surface area contributed by atoms with Gasteiger partial charge in [-0.05, 0) is 30.9 Å². The summed E-state index contributed by atoms with van der Waals surface area (Å²) in [6.45, 7) is 0.471. The summed E-state index contributed by atoms with van der Waals surface area (Å²) in [5, 5.41) is 13.6. The number of rotatable bonds is 7. The van der Waals surface area contributed by atoms with Crippen molar-refractivity contribution >= 4 is 35.8 Å². The molecule has 0 aliphatic heterocycles. The van der Waals surface area contributed by atoms with Crippen LogP contribution in [0.1, 0.15) is 32.1 Å². The summed E-state index contributed by atoms with van der Waals surface area (Å²) in [6.07, 6.45) is 5.98. The van der Waals surface area contributed by atoms with Crippen LogP contribution in [-0.4, -0.2) is 29.2 Å². The summed E-state index contributed by atoms with van der Waals surface area (Å²) in [7, 11) is 0. The third-order valence-electron chi connectivity index (χ3n) is 4.24. The van der Waals surface area contributed by atoms with E-state index < -0.39 is 4.92 Å². The lowest BCUT2D eigenvalue weighted by Crippen LogP contribution is -2.46. The van der Waals surface area contributed by atoms with Crippen LogP contribution in [0.5, 0.6) is 0 Å². The summed E-state index contributed by atoms with van der Waals surface area (Å²) in [5.41, 5.74) is 5.87. The molecule has 2 rings (SSSR count). The van der Waals surface area contributed by atoms with E-state index in [2.05, 4.69) is 5.32 Å². The minimum Gasteiger partial charge on any atom is -0.351 e. The molecule has 1 atom stereocenters. The molecule has 1 fully saturated rings. The van der Waals surface area contributed by atoms with Crippen molar-refractivity contribution in [2.24, 2.45) is 11.7 Å². The molecular weight excluding hydrogens is 350 g/mol. The first-order chi connectivity index (χ1) is 11.1. The van der Waals surface area contributed by atoms with Crippen molar-refractivity contribution in [3.63, 3.8) is 0 Å². The van der Waals surface area contributed by atoms with Gasteiger partial charge in [0.2, 0.25) is 5.91 Å². The maximum absolute atomic E-state index is 12.1. The third-order valence-corrected chi connectivity index (χ3v) is 5.25. The minimum atomic E-state index is -0.433. The van der Waals surface area contributed by atoms with Crippen LogP contribution in [0.2, 0.25) is 0 Å². The van der Waals surface area contributed by atoms with Crippen molar-refractivity contribution in [1.82, 2.24) is 5.32 Å². The van der Waals surface area contributed by atoms with Crippen LogP contribution >= 0.6 is 24.2 Å². The normalized spacial score (nSPS) is 16.0. The molecule has 1 unspecified atom stereocenters. The van der Waals surface area contributed by atoms with Crippen LogP contribution in [0.4, 0.5) is 5.69 Å². The van der Waals surface area contributed by atoms with Gasteiger partial charge in [-0.3, -0.25) is 14.9 Å². The predicted octanol–water partition coefficient (Wildman–Crippen LogP) is 3.13. The summed E-state index contributed by atoms with van der Waals surface area (Å²) >= 11 is 1.37. The lowest BCUT2D eigenvalue weighted by atomic mass is 9.84. The van der Waals surface area contributed by atoms with E-state index in [1.807, 2.05) is 0 Å². The van der Waals surface area contributed by atoms with Crippen LogP contribution in [0.15, 0.2) is 29.2 Å². The number of carbonyl (C=O) groups excluding carboxylic acids is 1. The number of nitro benzene ring substituents is 1. The fourth-order valence-corrected chi connectivity index (χ4v) is 3.68. The number of hydrogen-bond donors (Lipinski definition) is 2. The first-order valence-electron chi connectivity index (χ1n) is 7.97. The Morgan fingerprint density at radius 3 is 2.46 bits per heavy atom. The highest BCUT2D eigenvalue weighted by Crippen LogP contribution is 2.26. The molecule has 0 radical (unpaired) electrons. The van der Waals surface area contributed by atoms with Crippen molar-refractivity contribution in [2.75, 3.05) is 12.3 Å². The van der Waals surface area contributed by atoms with E-state index in [1.165, 1.54) is 43.2 Å². The number of non-ortho nitro benzene ring substituents is 1. The summed E-state index contributed by atoms with van der Waals surface area (Å²) in [4.78, 5) is 23.1. The predicted molar refractivity (Wildman–Crippen MR) is 98.6 cm³/mol. The van der Waals surface area contributed by atoms with Crippen LogP contribution in [0, 0.1) is 16.0 Å². The molecule has 0 aromatic heterocycles. The van der Waals surface area contributed by atoms with Gasteiger partial charge in [-0.2, -0.15) is 0 Å². The molecule has 0 heterocycles. The Kier molecular flexibility index (Phi) is 9.10. The third kappa shape index (κ3) is 6.30. The second kappa shape index (κ2) is 10.5. The first kappa shape index (κ1) is 20.7. The highest BCUT2D eigenvalue weighted by atomic mass is 35.5. The largest absolute Gasteiger partial charge is 0.351 e. The topological polar surface area (TPSA) is 98.3 Å². The van der Waals surface area contributed by atoms with Crippen molar-refractivity contribution in [2.45, 2.75) is 43.0 Å². The average molecular weight is 374 g/mol. The van der Waals surface area contributed by atoms with Gasteiger partial charge in [0, 0.05) is 29.6 Å². The number of amides is 1. The van der Waals surface area contributed by atoms with Gasteiger partial charge in [-0.1, -0.05) is 19.3 Å². The number of nitrogens with one attached hydrogen (secondary N) is 1. The van der Waals surface area contributed by atoms with Crippen LogP contribution < -0.4 is 11.1 Å². The zero-order chi connectivity index (χ0) is 16.7. The highest BCUT2D eigenvalue weighted by Gasteiger charge is 2.23. The molecule has 1 saturated carbocycles. The lowest BCUT2D eigenvalue weighted by molar-refractivity contribution is -0.384. The highest BCUT2D eigenvalue weighted by molar-refractivity contribution is 8.00. The monoisotopic (exact) mass is 373 g/mol. The second-order valence-corrected chi connectivity index (χ2v) is 6.90. The number of thioether (sulfide) groups is 1. The van der Waals surface area contributed by atoms with E-state index in [4.69, 9.17) is 5.73 Å². The maximum atomic E-state index is 12.1.